The van der Waals surface area contributed by atoms with Crippen molar-refractivity contribution in [2.75, 3.05) is 6.61 Å². The van der Waals surface area contributed by atoms with Gasteiger partial charge in [0.05, 0.1) is 25.0 Å². The molecule has 0 spiro atoms. The number of unbranched alkanes of at least 4 members (excludes halogenated alkanes) is 5. The first-order valence-electron chi connectivity index (χ1n) is 7.05. The number of aliphatic hydroxyl groups excluding tert-OH is 1. The molecule has 0 aliphatic heterocycles. The Morgan fingerprint density at radius 1 is 1.11 bits per heavy atom. The third kappa shape index (κ3) is 9.47. The van der Waals surface area contributed by atoms with Crippen LogP contribution in [0.5, 0.6) is 0 Å². The van der Waals surface area contributed by atoms with Crippen LogP contribution in [-0.4, -0.2) is 34.9 Å². The molecule has 0 aromatic carbocycles. The largest absolute Gasteiger partial charge is 0.481 e. The van der Waals surface area contributed by atoms with Crippen molar-refractivity contribution in [2.24, 2.45) is 5.92 Å². The molecule has 2 unspecified atom stereocenters. The van der Waals surface area contributed by atoms with Crippen molar-refractivity contribution in [3.8, 4) is 0 Å². The topological polar surface area (TPSA) is 83.8 Å². The second-order valence-corrected chi connectivity index (χ2v) is 4.88. The molecule has 0 aromatic rings. The minimum Gasteiger partial charge on any atom is -0.481 e. The molecule has 0 radical (unpaired) electrons. The average Bonchev–Trinajstić information content (AvgIpc) is 2.34. The molecule has 0 aliphatic rings. The maximum atomic E-state index is 11.6. The lowest BCUT2D eigenvalue weighted by atomic mass is 10.0. The molecule has 5 heteroatoms. The number of carboxylic acids is 1. The lowest BCUT2D eigenvalue weighted by Crippen LogP contribution is -2.30. The number of carboxylic acid groups (broad SMARTS) is 1. The summed E-state index contributed by atoms with van der Waals surface area (Å²) in [6.45, 7) is 3.85. The fourth-order valence-corrected chi connectivity index (χ4v) is 1.80. The number of ether oxygens (including phenoxy) is 1. The van der Waals surface area contributed by atoms with E-state index in [4.69, 9.17) is 9.84 Å². The van der Waals surface area contributed by atoms with Crippen molar-refractivity contribution < 1.29 is 24.5 Å². The Hall–Kier alpha value is -1.10. The Labute approximate surface area is 115 Å². The fourth-order valence-electron chi connectivity index (χ4n) is 1.80. The molecular formula is C14H26O5. The molecular weight excluding hydrogens is 248 g/mol. The zero-order chi connectivity index (χ0) is 14.7. The fraction of sp³-hybridized carbons (Fsp3) is 0.857. The van der Waals surface area contributed by atoms with Crippen LogP contribution in [0.2, 0.25) is 0 Å². The summed E-state index contributed by atoms with van der Waals surface area (Å²) in [6.07, 6.45) is 5.13. The molecule has 112 valence electrons. The molecule has 0 rings (SSSR count). The second kappa shape index (κ2) is 10.8. The van der Waals surface area contributed by atoms with E-state index in [1.807, 2.05) is 0 Å². The van der Waals surface area contributed by atoms with Gasteiger partial charge in [0.1, 0.15) is 0 Å². The van der Waals surface area contributed by atoms with Crippen molar-refractivity contribution in [2.45, 2.75) is 64.9 Å². The molecule has 2 atom stereocenters. The Morgan fingerprint density at radius 3 is 2.21 bits per heavy atom. The summed E-state index contributed by atoms with van der Waals surface area (Å²) in [4.78, 5) is 22.2. The number of hydrogen-bond donors (Lipinski definition) is 2. The van der Waals surface area contributed by atoms with Gasteiger partial charge in [0.2, 0.25) is 0 Å². The van der Waals surface area contributed by atoms with Crippen molar-refractivity contribution in [1.29, 1.82) is 0 Å². The maximum Gasteiger partial charge on any atom is 0.312 e. The van der Waals surface area contributed by atoms with Crippen LogP contribution in [0.3, 0.4) is 0 Å². The Balaban J connectivity index is 3.78. The van der Waals surface area contributed by atoms with E-state index in [1.165, 1.54) is 26.2 Å². The minimum atomic E-state index is -1.11. The first kappa shape index (κ1) is 17.9. The molecule has 0 amide bonds. The highest BCUT2D eigenvalue weighted by Gasteiger charge is 2.27. The highest BCUT2D eigenvalue weighted by atomic mass is 16.5. The van der Waals surface area contributed by atoms with Crippen molar-refractivity contribution in [3.05, 3.63) is 0 Å². The summed E-state index contributed by atoms with van der Waals surface area (Å²) >= 11 is 0. The lowest BCUT2D eigenvalue weighted by molar-refractivity contribution is -0.157. The van der Waals surface area contributed by atoms with Crippen molar-refractivity contribution in [3.63, 3.8) is 0 Å². The molecule has 0 saturated carbocycles. The van der Waals surface area contributed by atoms with Crippen LogP contribution >= 0.6 is 0 Å². The third-order valence-electron chi connectivity index (χ3n) is 3.02. The predicted molar refractivity (Wildman–Crippen MR) is 71.8 cm³/mol. The van der Waals surface area contributed by atoms with Gasteiger partial charge in [-0.1, -0.05) is 39.0 Å². The SMILES string of the molecule is CCCCCCCCOC(=O)C(CC(=O)O)C(C)O. The van der Waals surface area contributed by atoms with Gasteiger partial charge in [0.25, 0.3) is 0 Å². The molecule has 0 aliphatic carbocycles. The van der Waals surface area contributed by atoms with Crippen LogP contribution in [0, 0.1) is 5.92 Å². The van der Waals surface area contributed by atoms with E-state index >= 15 is 0 Å². The number of esters is 1. The molecule has 0 bridgehead atoms. The first-order chi connectivity index (χ1) is 8.99. The molecule has 2 N–H and O–H groups in total. The average molecular weight is 274 g/mol. The standard InChI is InChI=1S/C14H26O5/c1-3-4-5-6-7-8-9-19-14(18)12(11(2)15)10-13(16)17/h11-12,15H,3-10H2,1-2H3,(H,16,17). The summed E-state index contributed by atoms with van der Waals surface area (Å²) in [5.41, 5.74) is 0. The van der Waals surface area contributed by atoms with Crippen LogP contribution in [0.4, 0.5) is 0 Å². The summed E-state index contributed by atoms with van der Waals surface area (Å²) in [6, 6.07) is 0. The van der Waals surface area contributed by atoms with E-state index in [2.05, 4.69) is 6.92 Å². The number of aliphatic carboxylic acids is 1. The number of carbonyl (C=O) groups is 2. The van der Waals surface area contributed by atoms with Crippen LogP contribution in [0.1, 0.15) is 58.8 Å². The second-order valence-electron chi connectivity index (χ2n) is 4.88. The van der Waals surface area contributed by atoms with E-state index in [0.29, 0.717) is 6.61 Å². The quantitative estimate of drug-likeness (QED) is 0.446. The predicted octanol–water partition coefficient (Wildman–Crippen LogP) is 2.36. The molecule has 0 heterocycles. The van der Waals surface area contributed by atoms with Gasteiger partial charge >= 0.3 is 11.9 Å². The van der Waals surface area contributed by atoms with E-state index < -0.39 is 30.4 Å². The smallest absolute Gasteiger partial charge is 0.312 e. The van der Waals surface area contributed by atoms with Gasteiger partial charge in [-0.2, -0.15) is 0 Å². The van der Waals surface area contributed by atoms with Crippen molar-refractivity contribution >= 4 is 11.9 Å². The summed E-state index contributed by atoms with van der Waals surface area (Å²) in [5.74, 6) is -2.70. The summed E-state index contributed by atoms with van der Waals surface area (Å²) in [7, 11) is 0. The number of rotatable bonds is 11. The third-order valence-corrected chi connectivity index (χ3v) is 3.02. The summed E-state index contributed by atoms with van der Waals surface area (Å²) in [5, 5.41) is 18.0. The monoisotopic (exact) mass is 274 g/mol. The number of aliphatic hydroxyl groups is 1. The molecule has 0 fully saturated rings. The lowest BCUT2D eigenvalue weighted by Gasteiger charge is -2.16. The molecule has 19 heavy (non-hydrogen) atoms. The molecule has 0 saturated heterocycles. The van der Waals surface area contributed by atoms with Crippen molar-refractivity contribution in [1.82, 2.24) is 0 Å². The zero-order valence-electron chi connectivity index (χ0n) is 11.9. The molecule has 0 aromatic heterocycles. The van der Waals surface area contributed by atoms with E-state index in [0.717, 1.165) is 19.3 Å². The van der Waals surface area contributed by atoms with Crippen LogP contribution in [0.25, 0.3) is 0 Å². The van der Waals surface area contributed by atoms with Gasteiger partial charge in [0.15, 0.2) is 0 Å². The van der Waals surface area contributed by atoms with Gasteiger partial charge in [-0.15, -0.1) is 0 Å². The number of hydrogen-bond acceptors (Lipinski definition) is 4. The Kier molecular flexibility index (Phi) is 10.2. The molecule has 5 nitrogen and oxygen atoms in total. The van der Waals surface area contributed by atoms with E-state index in [9.17, 15) is 14.7 Å². The summed E-state index contributed by atoms with van der Waals surface area (Å²) < 4.78 is 5.01. The van der Waals surface area contributed by atoms with Gasteiger partial charge in [-0.25, -0.2) is 0 Å². The van der Waals surface area contributed by atoms with Crippen LogP contribution in [0.15, 0.2) is 0 Å². The van der Waals surface area contributed by atoms with E-state index in [1.54, 1.807) is 0 Å². The van der Waals surface area contributed by atoms with Gasteiger partial charge in [-0.05, 0) is 13.3 Å². The Morgan fingerprint density at radius 2 is 1.68 bits per heavy atom. The first-order valence-corrected chi connectivity index (χ1v) is 7.05. The van der Waals surface area contributed by atoms with Gasteiger partial charge < -0.3 is 14.9 Å². The van der Waals surface area contributed by atoms with Gasteiger partial charge in [-0.3, -0.25) is 9.59 Å². The highest BCUT2D eigenvalue weighted by Crippen LogP contribution is 2.12. The van der Waals surface area contributed by atoms with Gasteiger partial charge in [0, 0.05) is 0 Å². The normalized spacial score (nSPS) is 13.8. The number of carbonyl (C=O) groups excluding carboxylic acids is 1. The Bertz CT molecular complexity index is 263. The van der Waals surface area contributed by atoms with E-state index in [-0.39, 0.29) is 0 Å². The zero-order valence-corrected chi connectivity index (χ0v) is 11.9. The maximum absolute atomic E-state index is 11.6. The minimum absolute atomic E-state index is 0.299. The van der Waals surface area contributed by atoms with Crippen LogP contribution < -0.4 is 0 Å². The van der Waals surface area contributed by atoms with Crippen LogP contribution in [-0.2, 0) is 14.3 Å². The highest BCUT2D eigenvalue weighted by molar-refractivity contribution is 5.79.